The van der Waals surface area contributed by atoms with Crippen molar-refractivity contribution in [1.82, 2.24) is 14.3 Å². The molecule has 2 aromatic rings. The zero-order valence-corrected chi connectivity index (χ0v) is 11.2. The maximum atomic E-state index is 11.4. The molecule has 0 bridgehead atoms. The quantitative estimate of drug-likeness (QED) is 0.920. The summed E-state index contributed by atoms with van der Waals surface area (Å²) in [7, 11) is 1.73. The fourth-order valence-corrected chi connectivity index (χ4v) is 2.06. The van der Waals surface area contributed by atoms with Gasteiger partial charge >= 0.3 is 5.97 Å². The van der Waals surface area contributed by atoms with Crippen LogP contribution in [-0.2, 0) is 13.6 Å². The van der Waals surface area contributed by atoms with E-state index in [0.29, 0.717) is 11.7 Å². The third kappa shape index (κ3) is 2.53. The number of carboxylic acid groups (broad SMARTS) is 1. The highest BCUT2D eigenvalue weighted by atomic mass is 35.5. The Morgan fingerprint density at radius 2 is 2.21 bits per heavy atom. The minimum atomic E-state index is -1.24. The first-order chi connectivity index (χ1) is 8.90. The first kappa shape index (κ1) is 13.4. The Kier molecular flexibility index (Phi) is 3.44. The molecule has 19 heavy (non-hydrogen) atoms. The lowest BCUT2D eigenvalue weighted by Crippen LogP contribution is -2.17. The number of pyridine rings is 1. The van der Waals surface area contributed by atoms with Crippen LogP contribution in [0.25, 0.3) is 0 Å². The van der Waals surface area contributed by atoms with Gasteiger partial charge in [-0.05, 0) is 6.92 Å². The molecule has 0 amide bonds. The van der Waals surface area contributed by atoms with Gasteiger partial charge in [-0.15, -0.1) is 0 Å². The summed E-state index contributed by atoms with van der Waals surface area (Å²) in [4.78, 5) is 22.3. The van der Waals surface area contributed by atoms with Crippen LogP contribution in [0.1, 0.15) is 21.6 Å². The maximum absolute atomic E-state index is 11.4. The number of carbonyl (C=O) groups is 1. The molecule has 0 aliphatic carbocycles. The van der Waals surface area contributed by atoms with Crippen LogP contribution in [0.15, 0.2) is 23.3 Å². The van der Waals surface area contributed by atoms with E-state index in [2.05, 4.69) is 5.10 Å². The third-order valence-electron chi connectivity index (χ3n) is 2.82. The Balaban J connectivity index is 2.42. The molecule has 1 N–H and O–H groups in total. The highest BCUT2D eigenvalue weighted by Crippen LogP contribution is 2.19. The van der Waals surface area contributed by atoms with Gasteiger partial charge in [0.2, 0.25) is 0 Å². The second-order valence-electron chi connectivity index (χ2n) is 4.18. The van der Waals surface area contributed by atoms with Crippen molar-refractivity contribution in [3.05, 3.63) is 50.7 Å². The fourth-order valence-electron chi connectivity index (χ4n) is 1.82. The van der Waals surface area contributed by atoms with Crippen molar-refractivity contribution in [2.24, 2.45) is 7.05 Å². The molecular weight excluding hydrogens is 270 g/mol. The van der Waals surface area contributed by atoms with Crippen molar-refractivity contribution in [2.75, 3.05) is 0 Å². The molecule has 0 spiro atoms. The molecule has 0 saturated heterocycles. The van der Waals surface area contributed by atoms with E-state index in [1.54, 1.807) is 16.3 Å². The molecule has 0 fully saturated rings. The van der Waals surface area contributed by atoms with Crippen molar-refractivity contribution < 1.29 is 9.90 Å². The standard InChI is InChI=1S/C12H12ClN3O3/c1-7-8(11(13)15(2)14-7)5-16-4-3-10(17)9(6-16)12(18)19/h3-4,6H,5H2,1-2H3,(H,18,19). The van der Waals surface area contributed by atoms with Crippen LogP contribution in [0.3, 0.4) is 0 Å². The second kappa shape index (κ2) is 4.89. The number of aromatic carboxylic acids is 1. The molecule has 0 aliphatic rings. The minimum absolute atomic E-state index is 0.264. The highest BCUT2D eigenvalue weighted by molar-refractivity contribution is 6.30. The topological polar surface area (TPSA) is 77.1 Å². The molecule has 0 atom stereocenters. The molecule has 0 aliphatic heterocycles. The summed E-state index contributed by atoms with van der Waals surface area (Å²) in [6.45, 7) is 2.18. The van der Waals surface area contributed by atoms with E-state index < -0.39 is 11.4 Å². The molecule has 0 radical (unpaired) electrons. The first-order valence-corrected chi connectivity index (χ1v) is 5.89. The average Bonchev–Trinajstić information content (AvgIpc) is 2.58. The molecule has 2 aromatic heterocycles. The summed E-state index contributed by atoms with van der Waals surface area (Å²) < 4.78 is 3.15. The predicted octanol–water partition coefficient (Wildman–Crippen LogP) is 1.29. The van der Waals surface area contributed by atoms with Gasteiger partial charge in [0, 0.05) is 31.1 Å². The van der Waals surface area contributed by atoms with E-state index >= 15 is 0 Å². The molecule has 2 heterocycles. The Morgan fingerprint density at radius 3 is 2.74 bits per heavy atom. The maximum Gasteiger partial charge on any atom is 0.341 e. The number of nitrogens with zero attached hydrogens (tertiary/aromatic N) is 3. The number of hydrogen-bond donors (Lipinski definition) is 1. The predicted molar refractivity (Wildman–Crippen MR) is 69.7 cm³/mol. The van der Waals surface area contributed by atoms with Gasteiger partial charge in [-0.25, -0.2) is 4.79 Å². The lowest BCUT2D eigenvalue weighted by atomic mass is 10.2. The molecule has 0 aromatic carbocycles. The van der Waals surface area contributed by atoms with Crippen molar-refractivity contribution >= 4 is 17.6 Å². The van der Waals surface area contributed by atoms with Crippen molar-refractivity contribution in [1.29, 1.82) is 0 Å². The van der Waals surface area contributed by atoms with E-state index in [1.165, 1.54) is 18.5 Å². The zero-order chi connectivity index (χ0) is 14.2. The number of carboxylic acids is 1. The number of aromatic nitrogens is 3. The lowest BCUT2D eigenvalue weighted by molar-refractivity contribution is 0.0694. The minimum Gasteiger partial charge on any atom is -0.477 e. The number of halogens is 1. The van der Waals surface area contributed by atoms with Crippen LogP contribution < -0.4 is 5.43 Å². The van der Waals surface area contributed by atoms with Gasteiger partial charge in [0.15, 0.2) is 5.43 Å². The summed E-state index contributed by atoms with van der Waals surface area (Å²) in [6.07, 6.45) is 2.82. The van der Waals surface area contributed by atoms with E-state index in [1.807, 2.05) is 6.92 Å². The van der Waals surface area contributed by atoms with Crippen LogP contribution in [0.5, 0.6) is 0 Å². The van der Waals surface area contributed by atoms with Crippen LogP contribution in [0.2, 0.25) is 5.15 Å². The Hall–Kier alpha value is -2.08. The Bertz CT molecular complexity index is 703. The van der Waals surface area contributed by atoms with Gasteiger partial charge in [0.25, 0.3) is 0 Å². The van der Waals surface area contributed by atoms with Crippen molar-refractivity contribution in [3.63, 3.8) is 0 Å². The molecule has 0 saturated carbocycles. The molecule has 2 rings (SSSR count). The normalized spacial score (nSPS) is 10.7. The number of rotatable bonds is 3. The van der Waals surface area contributed by atoms with Gasteiger partial charge in [-0.1, -0.05) is 11.6 Å². The third-order valence-corrected chi connectivity index (χ3v) is 3.29. The summed E-state index contributed by atoms with van der Waals surface area (Å²) in [5, 5.41) is 13.6. The van der Waals surface area contributed by atoms with Crippen molar-refractivity contribution in [2.45, 2.75) is 13.5 Å². The van der Waals surface area contributed by atoms with Crippen LogP contribution in [0, 0.1) is 6.92 Å². The van der Waals surface area contributed by atoms with Gasteiger partial charge in [0.05, 0.1) is 12.2 Å². The number of aryl methyl sites for hydroxylation is 2. The number of hydrogen-bond acceptors (Lipinski definition) is 3. The Morgan fingerprint density at radius 1 is 1.53 bits per heavy atom. The summed E-state index contributed by atoms with van der Waals surface area (Å²) in [6, 6.07) is 1.23. The van der Waals surface area contributed by atoms with E-state index in [-0.39, 0.29) is 5.56 Å². The van der Waals surface area contributed by atoms with Gasteiger partial charge in [-0.2, -0.15) is 5.10 Å². The van der Waals surface area contributed by atoms with Gasteiger partial charge in [0.1, 0.15) is 10.7 Å². The molecular formula is C12H12ClN3O3. The monoisotopic (exact) mass is 281 g/mol. The summed E-state index contributed by atoms with van der Waals surface area (Å²) in [5.74, 6) is -1.24. The zero-order valence-electron chi connectivity index (χ0n) is 10.4. The average molecular weight is 282 g/mol. The largest absolute Gasteiger partial charge is 0.477 e. The van der Waals surface area contributed by atoms with Crippen LogP contribution in [0.4, 0.5) is 0 Å². The van der Waals surface area contributed by atoms with Crippen molar-refractivity contribution in [3.8, 4) is 0 Å². The second-order valence-corrected chi connectivity index (χ2v) is 4.54. The first-order valence-electron chi connectivity index (χ1n) is 5.51. The van der Waals surface area contributed by atoms with Gasteiger partial charge in [-0.3, -0.25) is 9.48 Å². The van der Waals surface area contributed by atoms with E-state index in [0.717, 1.165) is 11.3 Å². The summed E-state index contributed by atoms with van der Waals surface area (Å²) >= 11 is 6.11. The molecule has 100 valence electrons. The van der Waals surface area contributed by atoms with Gasteiger partial charge < -0.3 is 9.67 Å². The van der Waals surface area contributed by atoms with E-state index in [4.69, 9.17) is 16.7 Å². The molecule has 6 nitrogen and oxygen atoms in total. The molecule has 0 unspecified atom stereocenters. The smallest absolute Gasteiger partial charge is 0.341 e. The summed E-state index contributed by atoms with van der Waals surface area (Å²) in [5.41, 5.74) is 0.783. The highest BCUT2D eigenvalue weighted by Gasteiger charge is 2.13. The molecule has 7 heteroatoms. The van der Waals surface area contributed by atoms with Crippen LogP contribution in [-0.4, -0.2) is 25.4 Å². The SMILES string of the molecule is Cc1nn(C)c(Cl)c1Cn1ccc(=O)c(C(=O)O)c1. The van der Waals surface area contributed by atoms with E-state index in [9.17, 15) is 9.59 Å². The van der Waals surface area contributed by atoms with Crippen LogP contribution >= 0.6 is 11.6 Å². The fraction of sp³-hybridized carbons (Fsp3) is 0.250. The lowest BCUT2D eigenvalue weighted by Gasteiger charge is -2.07. The Labute approximate surface area is 113 Å².